The number of nitrogens with zero attached hydrogens (tertiary/aromatic N) is 2. The summed E-state index contributed by atoms with van der Waals surface area (Å²) in [6.45, 7) is 8.90. The predicted octanol–water partition coefficient (Wildman–Crippen LogP) is 3.21. The van der Waals surface area contributed by atoms with Crippen LogP contribution in [-0.2, 0) is 6.42 Å². The van der Waals surface area contributed by atoms with Crippen LogP contribution in [0.1, 0.15) is 32.9 Å². The van der Waals surface area contributed by atoms with Crippen molar-refractivity contribution in [3.8, 4) is 0 Å². The molecule has 2 heterocycles. The lowest BCUT2D eigenvalue weighted by molar-refractivity contribution is 0.386. The first-order valence-electron chi connectivity index (χ1n) is 6.80. The Hall–Kier alpha value is -0.870. The van der Waals surface area contributed by atoms with Gasteiger partial charge in [0.15, 0.2) is 4.96 Å². The first kappa shape index (κ1) is 13.6. The summed E-state index contributed by atoms with van der Waals surface area (Å²) in [4.78, 5) is 5.79. The van der Waals surface area contributed by atoms with Crippen LogP contribution >= 0.6 is 11.3 Å². The van der Waals surface area contributed by atoms with Crippen molar-refractivity contribution in [1.82, 2.24) is 14.7 Å². The van der Waals surface area contributed by atoms with Crippen molar-refractivity contribution in [2.75, 3.05) is 13.1 Å². The molecule has 2 aromatic heterocycles. The van der Waals surface area contributed by atoms with Gasteiger partial charge in [-0.05, 0) is 37.8 Å². The highest BCUT2D eigenvalue weighted by Crippen LogP contribution is 2.18. The van der Waals surface area contributed by atoms with Crippen molar-refractivity contribution < 1.29 is 0 Å². The van der Waals surface area contributed by atoms with Crippen LogP contribution in [0.2, 0.25) is 0 Å². The Labute approximate surface area is 113 Å². The van der Waals surface area contributed by atoms with Gasteiger partial charge in [-0.1, -0.05) is 20.8 Å². The lowest BCUT2D eigenvalue weighted by Crippen LogP contribution is -2.25. The highest BCUT2D eigenvalue weighted by molar-refractivity contribution is 7.15. The molecule has 3 nitrogen and oxygen atoms in total. The Kier molecular flexibility index (Phi) is 4.78. The zero-order valence-corrected chi connectivity index (χ0v) is 12.3. The Bertz CT molecular complexity index is 444. The van der Waals surface area contributed by atoms with Gasteiger partial charge >= 0.3 is 0 Å². The average Bonchev–Trinajstić information content (AvgIpc) is 2.85. The van der Waals surface area contributed by atoms with E-state index >= 15 is 0 Å². The summed E-state index contributed by atoms with van der Waals surface area (Å²) < 4.78 is 2.12. The average molecular weight is 265 g/mol. The number of imidazole rings is 1. The first-order chi connectivity index (χ1) is 8.69. The molecule has 0 saturated heterocycles. The van der Waals surface area contributed by atoms with Crippen LogP contribution in [0.5, 0.6) is 0 Å². The molecule has 0 aliphatic heterocycles. The summed E-state index contributed by atoms with van der Waals surface area (Å²) in [6.07, 6.45) is 6.60. The predicted molar refractivity (Wildman–Crippen MR) is 78.3 cm³/mol. The molecule has 0 saturated carbocycles. The summed E-state index contributed by atoms with van der Waals surface area (Å²) in [7, 11) is 0. The topological polar surface area (TPSA) is 29.3 Å². The second-order valence-electron chi connectivity index (χ2n) is 5.33. The Balaban J connectivity index is 2.00. The Morgan fingerprint density at radius 3 is 2.94 bits per heavy atom. The molecule has 1 unspecified atom stereocenters. The maximum absolute atomic E-state index is 4.68. The first-order valence-corrected chi connectivity index (χ1v) is 7.68. The molecular weight excluding hydrogens is 242 g/mol. The summed E-state index contributed by atoms with van der Waals surface area (Å²) >= 11 is 1.70. The molecule has 2 aromatic rings. The van der Waals surface area contributed by atoms with E-state index in [0.717, 1.165) is 30.4 Å². The third-order valence-electron chi connectivity index (χ3n) is 3.13. The molecule has 0 radical (unpaired) electrons. The number of fused-ring (bicyclic) bond motifs is 1. The third kappa shape index (κ3) is 3.56. The summed E-state index contributed by atoms with van der Waals surface area (Å²) in [6, 6.07) is 0. The van der Waals surface area contributed by atoms with Gasteiger partial charge in [-0.2, -0.15) is 0 Å². The zero-order chi connectivity index (χ0) is 13.0. The number of hydrogen-bond acceptors (Lipinski definition) is 3. The maximum atomic E-state index is 4.68. The zero-order valence-electron chi connectivity index (χ0n) is 11.5. The number of thiazole rings is 1. The van der Waals surface area contributed by atoms with Crippen LogP contribution in [0.3, 0.4) is 0 Å². The van der Waals surface area contributed by atoms with Gasteiger partial charge in [-0.15, -0.1) is 11.3 Å². The van der Waals surface area contributed by atoms with Gasteiger partial charge < -0.3 is 5.32 Å². The molecule has 0 aliphatic rings. The molecular formula is C14H23N3S. The van der Waals surface area contributed by atoms with E-state index < -0.39 is 0 Å². The van der Waals surface area contributed by atoms with E-state index in [0.29, 0.717) is 5.92 Å². The summed E-state index contributed by atoms with van der Waals surface area (Å²) in [5.74, 6) is 1.44. The quantitative estimate of drug-likeness (QED) is 0.833. The van der Waals surface area contributed by atoms with E-state index in [1.54, 1.807) is 11.3 Å². The van der Waals surface area contributed by atoms with Crippen molar-refractivity contribution in [2.24, 2.45) is 11.8 Å². The highest BCUT2D eigenvalue weighted by Gasteiger charge is 2.13. The van der Waals surface area contributed by atoms with Crippen molar-refractivity contribution in [3.05, 3.63) is 23.5 Å². The van der Waals surface area contributed by atoms with Gasteiger partial charge in [0.05, 0.1) is 5.69 Å². The standard InChI is InChI=1S/C14H23N3S/c1-4-15-9-12(7-11(2)3)8-13-10-17-5-6-18-14(17)16-13/h5-6,10-12,15H,4,7-9H2,1-3H3. The smallest absolute Gasteiger partial charge is 0.193 e. The van der Waals surface area contributed by atoms with Crippen LogP contribution in [0.15, 0.2) is 17.8 Å². The van der Waals surface area contributed by atoms with Gasteiger partial charge in [-0.25, -0.2) is 4.98 Å². The fourth-order valence-electron chi connectivity index (χ4n) is 2.42. The van der Waals surface area contributed by atoms with E-state index in [2.05, 4.69) is 53.2 Å². The van der Waals surface area contributed by atoms with E-state index in [1.165, 1.54) is 12.1 Å². The monoisotopic (exact) mass is 265 g/mol. The Morgan fingerprint density at radius 1 is 1.44 bits per heavy atom. The Morgan fingerprint density at radius 2 is 2.28 bits per heavy atom. The minimum absolute atomic E-state index is 0.689. The number of rotatable bonds is 7. The van der Waals surface area contributed by atoms with Crippen LogP contribution in [0.25, 0.3) is 4.96 Å². The highest BCUT2D eigenvalue weighted by atomic mass is 32.1. The molecule has 0 fully saturated rings. The minimum atomic E-state index is 0.689. The molecule has 100 valence electrons. The molecule has 0 aliphatic carbocycles. The second kappa shape index (κ2) is 6.34. The third-order valence-corrected chi connectivity index (χ3v) is 3.90. The van der Waals surface area contributed by atoms with Crippen molar-refractivity contribution in [1.29, 1.82) is 0 Å². The SMILES string of the molecule is CCNCC(Cc1cn2ccsc2n1)CC(C)C. The summed E-state index contributed by atoms with van der Waals surface area (Å²) in [5.41, 5.74) is 1.23. The molecule has 1 N–H and O–H groups in total. The largest absolute Gasteiger partial charge is 0.317 e. The number of hydrogen-bond donors (Lipinski definition) is 1. The van der Waals surface area contributed by atoms with E-state index in [1.807, 2.05) is 0 Å². The summed E-state index contributed by atoms with van der Waals surface area (Å²) in [5, 5.41) is 5.55. The van der Waals surface area contributed by atoms with E-state index in [-0.39, 0.29) is 0 Å². The molecule has 2 rings (SSSR count). The van der Waals surface area contributed by atoms with Crippen LogP contribution in [-0.4, -0.2) is 22.5 Å². The fraction of sp³-hybridized carbons (Fsp3) is 0.643. The second-order valence-corrected chi connectivity index (χ2v) is 6.21. The normalized spacial score (nSPS) is 13.6. The molecule has 0 bridgehead atoms. The van der Waals surface area contributed by atoms with Crippen LogP contribution in [0, 0.1) is 11.8 Å². The van der Waals surface area contributed by atoms with E-state index in [4.69, 9.17) is 0 Å². The number of nitrogens with one attached hydrogen (secondary N) is 1. The van der Waals surface area contributed by atoms with Gasteiger partial charge in [0.25, 0.3) is 0 Å². The number of aromatic nitrogens is 2. The minimum Gasteiger partial charge on any atom is -0.317 e. The van der Waals surface area contributed by atoms with Gasteiger partial charge in [-0.3, -0.25) is 4.40 Å². The van der Waals surface area contributed by atoms with Gasteiger partial charge in [0.1, 0.15) is 0 Å². The molecule has 0 amide bonds. The molecule has 4 heteroatoms. The molecule has 1 atom stereocenters. The lowest BCUT2D eigenvalue weighted by atomic mass is 9.93. The van der Waals surface area contributed by atoms with Gasteiger partial charge in [0, 0.05) is 17.8 Å². The lowest BCUT2D eigenvalue weighted by Gasteiger charge is -2.18. The van der Waals surface area contributed by atoms with Gasteiger partial charge in [0.2, 0.25) is 0 Å². The maximum Gasteiger partial charge on any atom is 0.193 e. The van der Waals surface area contributed by atoms with E-state index in [9.17, 15) is 0 Å². The fourth-order valence-corrected chi connectivity index (χ4v) is 3.14. The van der Waals surface area contributed by atoms with Crippen LogP contribution < -0.4 is 5.32 Å². The molecule has 0 aromatic carbocycles. The van der Waals surface area contributed by atoms with Crippen molar-refractivity contribution in [2.45, 2.75) is 33.6 Å². The van der Waals surface area contributed by atoms with Crippen molar-refractivity contribution >= 4 is 16.3 Å². The van der Waals surface area contributed by atoms with Crippen LogP contribution in [0.4, 0.5) is 0 Å². The molecule has 0 spiro atoms. The molecule has 18 heavy (non-hydrogen) atoms. The van der Waals surface area contributed by atoms with Crippen molar-refractivity contribution in [3.63, 3.8) is 0 Å².